The molecular weight excluding hydrogens is 486 g/mol. The summed E-state index contributed by atoms with van der Waals surface area (Å²) in [6.07, 6.45) is 0. The molecule has 1 fully saturated rings. The van der Waals surface area contributed by atoms with Crippen LogP contribution in [0.4, 0.5) is 5.69 Å². The van der Waals surface area contributed by atoms with Gasteiger partial charge in [-0.05, 0) is 73.9 Å². The highest BCUT2D eigenvalue weighted by molar-refractivity contribution is 6.51. The third-order valence-corrected chi connectivity index (χ3v) is 6.53. The molecule has 8 nitrogen and oxygen atoms in total. The maximum absolute atomic E-state index is 13.6. The Hall–Kier alpha value is -4.46. The normalized spacial score (nSPS) is 16.5. The summed E-state index contributed by atoms with van der Waals surface area (Å²) in [5.41, 5.74) is 3.02. The van der Waals surface area contributed by atoms with Crippen molar-refractivity contribution in [2.75, 3.05) is 32.8 Å². The topological polar surface area (TPSA) is 94.5 Å². The molecule has 1 aliphatic rings. The molecule has 0 saturated carbocycles. The number of carbonyl (C=O) groups excluding carboxylic acids is 2. The van der Waals surface area contributed by atoms with Crippen LogP contribution in [0.1, 0.15) is 35.2 Å². The quantitative estimate of drug-likeness (QED) is 0.244. The van der Waals surface area contributed by atoms with Gasteiger partial charge in [-0.15, -0.1) is 0 Å². The summed E-state index contributed by atoms with van der Waals surface area (Å²) >= 11 is 0. The number of rotatable bonds is 8. The molecule has 1 unspecified atom stereocenters. The molecule has 4 rings (SSSR count). The van der Waals surface area contributed by atoms with Crippen molar-refractivity contribution in [3.8, 4) is 23.0 Å². The number of benzene rings is 3. The van der Waals surface area contributed by atoms with Crippen LogP contribution in [0.3, 0.4) is 0 Å². The van der Waals surface area contributed by atoms with E-state index in [4.69, 9.17) is 18.9 Å². The van der Waals surface area contributed by atoms with Gasteiger partial charge in [0.1, 0.15) is 17.3 Å². The van der Waals surface area contributed by atoms with Gasteiger partial charge in [0.05, 0.1) is 45.1 Å². The minimum Gasteiger partial charge on any atom is -0.507 e. The van der Waals surface area contributed by atoms with Crippen LogP contribution in [0.15, 0.2) is 60.2 Å². The van der Waals surface area contributed by atoms with Crippen molar-refractivity contribution in [3.63, 3.8) is 0 Å². The number of hydrogen-bond donors (Lipinski definition) is 1. The second kappa shape index (κ2) is 10.9. The number of amides is 1. The third-order valence-electron chi connectivity index (χ3n) is 6.53. The Labute approximate surface area is 222 Å². The average Bonchev–Trinajstić information content (AvgIpc) is 3.19. The molecule has 3 aromatic carbocycles. The number of nitrogens with zero attached hydrogens (tertiary/aromatic N) is 1. The van der Waals surface area contributed by atoms with Crippen molar-refractivity contribution < 1.29 is 33.6 Å². The summed E-state index contributed by atoms with van der Waals surface area (Å²) in [5, 5.41) is 11.6. The zero-order valence-electron chi connectivity index (χ0n) is 22.3. The van der Waals surface area contributed by atoms with Crippen molar-refractivity contribution in [2.45, 2.75) is 26.8 Å². The van der Waals surface area contributed by atoms with E-state index in [1.807, 2.05) is 39.0 Å². The highest BCUT2D eigenvalue weighted by Crippen LogP contribution is 2.46. The number of aliphatic hydroxyl groups is 1. The zero-order chi connectivity index (χ0) is 27.6. The van der Waals surface area contributed by atoms with Gasteiger partial charge in [-0.3, -0.25) is 14.5 Å². The standard InChI is InChI=1S/C30H31NO7/c1-7-38-25-15-19(10-12-24(25)37-6)27-26(28(32)21-16-20(35-4)11-13-23(21)36-5)29(33)30(34)31(27)22-14-17(2)8-9-18(22)3/h8-16,27,32H,7H2,1-6H3/b28-26+. The molecule has 0 aromatic heterocycles. The third kappa shape index (κ3) is 4.65. The molecule has 1 atom stereocenters. The van der Waals surface area contributed by atoms with Crippen molar-refractivity contribution in [1.29, 1.82) is 0 Å². The van der Waals surface area contributed by atoms with Crippen LogP contribution >= 0.6 is 0 Å². The van der Waals surface area contributed by atoms with E-state index >= 15 is 0 Å². The number of hydrogen-bond acceptors (Lipinski definition) is 7. The molecule has 1 amide bonds. The SMILES string of the molecule is CCOc1cc(C2/C(=C(\O)c3cc(OC)ccc3OC)C(=O)C(=O)N2c2cc(C)ccc2C)ccc1OC. The molecule has 1 heterocycles. The van der Waals surface area contributed by atoms with Gasteiger partial charge >= 0.3 is 0 Å². The van der Waals surface area contributed by atoms with E-state index in [0.29, 0.717) is 40.9 Å². The molecule has 0 aliphatic carbocycles. The maximum atomic E-state index is 13.6. The predicted octanol–water partition coefficient (Wildman–Crippen LogP) is 5.35. The molecule has 38 heavy (non-hydrogen) atoms. The van der Waals surface area contributed by atoms with Crippen molar-refractivity contribution in [3.05, 3.63) is 82.4 Å². The highest BCUT2D eigenvalue weighted by Gasteiger charge is 2.48. The number of anilines is 1. The lowest BCUT2D eigenvalue weighted by Crippen LogP contribution is -2.30. The fourth-order valence-corrected chi connectivity index (χ4v) is 4.65. The van der Waals surface area contributed by atoms with Crippen LogP contribution in [-0.4, -0.2) is 44.7 Å². The van der Waals surface area contributed by atoms with Gasteiger partial charge in [0.25, 0.3) is 11.7 Å². The van der Waals surface area contributed by atoms with Gasteiger partial charge in [-0.1, -0.05) is 18.2 Å². The second-order valence-corrected chi connectivity index (χ2v) is 8.87. The van der Waals surface area contributed by atoms with Crippen molar-refractivity contribution in [1.82, 2.24) is 0 Å². The van der Waals surface area contributed by atoms with Crippen LogP contribution < -0.4 is 23.8 Å². The fraction of sp³-hybridized carbons (Fsp3) is 0.267. The van der Waals surface area contributed by atoms with Crippen LogP contribution in [0.2, 0.25) is 0 Å². The van der Waals surface area contributed by atoms with E-state index < -0.39 is 17.7 Å². The summed E-state index contributed by atoms with van der Waals surface area (Å²) in [4.78, 5) is 28.7. The van der Waals surface area contributed by atoms with E-state index in [-0.39, 0.29) is 16.9 Å². The van der Waals surface area contributed by atoms with Gasteiger partial charge in [0.15, 0.2) is 11.5 Å². The molecule has 1 aliphatic heterocycles. The minimum atomic E-state index is -0.948. The number of ether oxygens (including phenoxy) is 4. The lowest BCUT2D eigenvalue weighted by Gasteiger charge is -2.28. The first kappa shape index (κ1) is 26.6. The molecule has 198 valence electrons. The first-order valence-electron chi connectivity index (χ1n) is 12.2. The fourth-order valence-electron chi connectivity index (χ4n) is 4.65. The smallest absolute Gasteiger partial charge is 0.300 e. The van der Waals surface area contributed by atoms with Crippen LogP contribution in [0, 0.1) is 13.8 Å². The predicted molar refractivity (Wildman–Crippen MR) is 144 cm³/mol. The number of carbonyl (C=O) groups is 2. The lowest BCUT2D eigenvalue weighted by molar-refractivity contribution is -0.132. The minimum absolute atomic E-state index is 0.0740. The summed E-state index contributed by atoms with van der Waals surface area (Å²) in [6.45, 7) is 6.02. The van der Waals surface area contributed by atoms with Gasteiger partial charge in [0.2, 0.25) is 0 Å². The van der Waals surface area contributed by atoms with Gasteiger partial charge in [-0.25, -0.2) is 0 Å². The van der Waals surface area contributed by atoms with Crippen LogP contribution in [-0.2, 0) is 9.59 Å². The lowest BCUT2D eigenvalue weighted by atomic mass is 9.94. The molecule has 1 N–H and O–H groups in total. The van der Waals surface area contributed by atoms with Crippen LogP contribution in [0.5, 0.6) is 23.0 Å². The molecule has 1 saturated heterocycles. The molecule has 3 aromatic rings. The van der Waals surface area contributed by atoms with E-state index in [1.165, 1.54) is 26.2 Å². The van der Waals surface area contributed by atoms with Crippen molar-refractivity contribution >= 4 is 23.1 Å². The Morgan fingerprint density at radius 1 is 0.868 bits per heavy atom. The summed E-state index contributed by atoms with van der Waals surface area (Å²) in [7, 11) is 4.50. The Morgan fingerprint density at radius 2 is 1.58 bits per heavy atom. The largest absolute Gasteiger partial charge is 0.507 e. The number of ketones is 1. The number of aliphatic hydroxyl groups excluding tert-OH is 1. The summed E-state index contributed by atoms with van der Waals surface area (Å²) in [5.74, 6) is -0.189. The summed E-state index contributed by atoms with van der Waals surface area (Å²) < 4.78 is 22.0. The first-order chi connectivity index (χ1) is 18.2. The molecule has 0 bridgehead atoms. The zero-order valence-corrected chi connectivity index (χ0v) is 22.3. The Kier molecular flexibility index (Phi) is 7.62. The van der Waals surface area contributed by atoms with Gasteiger partial charge < -0.3 is 24.1 Å². The molecule has 0 radical (unpaired) electrons. The number of Topliss-reactive ketones (excluding diaryl/α,β-unsaturated/α-hetero) is 1. The highest BCUT2D eigenvalue weighted by atomic mass is 16.5. The number of aryl methyl sites for hydroxylation is 2. The maximum Gasteiger partial charge on any atom is 0.300 e. The van der Waals surface area contributed by atoms with Crippen LogP contribution in [0.25, 0.3) is 5.76 Å². The Balaban J connectivity index is 2.04. The van der Waals surface area contributed by atoms with Gasteiger partial charge in [-0.2, -0.15) is 0 Å². The van der Waals surface area contributed by atoms with Crippen molar-refractivity contribution in [2.24, 2.45) is 0 Å². The molecule has 8 heteroatoms. The number of methoxy groups -OCH3 is 3. The Bertz CT molecular complexity index is 1430. The van der Waals surface area contributed by atoms with E-state index in [9.17, 15) is 14.7 Å². The summed E-state index contributed by atoms with van der Waals surface area (Å²) in [6, 6.07) is 14.8. The second-order valence-electron chi connectivity index (χ2n) is 8.87. The van der Waals surface area contributed by atoms with Gasteiger partial charge in [0, 0.05) is 5.69 Å². The van der Waals surface area contributed by atoms with E-state index in [0.717, 1.165) is 11.1 Å². The molecule has 0 spiro atoms. The van der Waals surface area contributed by atoms with E-state index in [1.54, 1.807) is 36.4 Å². The molecular formula is C30H31NO7. The monoisotopic (exact) mass is 517 g/mol. The Morgan fingerprint density at radius 3 is 2.24 bits per heavy atom. The first-order valence-corrected chi connectivity index (χ1v) is 12.2. The average molecular weight is 518 g/mol. The van der Waals surface area contributed by atoms with E-state index in [2.05, 4.69) is 0 Å².